The number of alkyl halides is 3. The summed E-state index contributed by atoms with van der Waals surface area (Å²) in [5, 5.41) is 6.20. The molecular weight excluding hydrogens is 259 g/mol. The second-order valence-corrected chi connectivity index (χ2v) is 4.18. The summed E-state index contributed by atoms with van der Waals surface area (Å²) in [7, 11) is 1.34. The van der Waals surface area contributed by atoms with Crippen molar-refractivity contribution in [3.8, 4) is 5.75 Å². The second kappa shape index (κ2) is 4.38. The van der Waals surface area contributed by atoms with E-state index < -0.39 is 11.9 Å². The summed E-state index contributed by atoms with van der Waals surface area (Å²) >= 11 is 5.75. The number of nitrogens with one attached hydrogen (secondary N) is 1. The molecular formula is C9H11ClF3N3O. The van der Waals surface area contributed by atoms with E-state index in [2.05, 4.69) is 10.4 Å². The van der Waals surface area contributed by atoms with Crippen molar-refractivity contribution < 1.29 is 17.9 Å². The minimum absolute atomic E-state index is 0.135. The molecule has 0 bridgehead atoms. The van der Waals surface area contributed by atoms with Gasteiger partial charge >= 0.3 is 6.18 Å². The van der Waals surface area contributed by atoms with Crippen molar-refractivity contribution in [2.75, 3.05) is 13.1 Å². The summed E-state index contributed by atoms with van der Waals surface area (Å²) in [5.74, 6) is -0.379. The maximum atomic E-state index is 12.7. The third-order valence-electron chi connectivity index (χ3n) is 2.50. The van der Waals surface area contributed by atoms with E-state index in [1.165, 1.54) is 7.05 Å². The van der Waals surface area contributed by atoms with Gasteiger partial charge in [0.15, 0.2) is 10.9 Å². The van der Waals surface area contributed by atoms with Crippen molar-refractivity contribution in [2.45, 2.75) is 18.7 Å². The number of halogens is 4. The van der Waals surface area contributed by atoms with Gasteiger partial charge in [0, 0.05) is 13.6 Å². The summed E-state index contributed by atoms with van der Waals surface area (Å²) in [6.07, 6.45) is -4.20. The van der Waals surface area contributed by atoms with Crippen LogP contribution in [0.1, 0.15) is 12.1 Å². The first-order valence-corrected chi connectivity index (χ1v) is 5.44. The maximum absolute atomic E-state index is 12.7. The van der Waals surface area contributed by atoms with Gasteiger partial charge in [0.25, 0.3) is 0 Å². The Labute approximate surface area is 101 Å². The van der Waals surface area contributed by atoms with E-state index >= 15 is 0 Å². The van der Waals surface area contributed by atoms with Gasteiger partial charge in [0.05, 0.1) is 0 Å². The van der Waals surface area contributed by atoms with E-state index in [0.717, 1.165) is 11.2 Å². The van der Waals surface area contributed by atoms with E-state index in [1.54, 1.807) is 0 Å². The molecule has 1 aliphatic rings. The topological polar surface area (TPSA) is 39.1 Å². The molecule has 1 unspecified atom stereocenters. The number of aromatic nitrogens is 2. The Kier molecular flexibility index (Phi) is 3.22. The lowest BCUT2D eigenvalue weighted by atomic mass is 10.3. The van der Waals surface area contributed by atoms with Gasteiger partial charge < -0.3 is 10.1 Å². The number of hydrogen-bond acceptors (Lipinski definition) is 3. The third kappa shape index (κ3) is 2.50. The number of ether oxygens (including phenoxy) is 1. The lowest BCUT2D eigenvalue weighted by molar-refractivity contribution is -0.143. The zero-order valence-corrected chi connectivity index (χ0v) is 9.77. The van der Waals surface area contributed by atoms with E-state index in [9.17, 15) is 13.2 Å². The fraction of sp³-hybridized carbons (Fsp3) is 0.667. The maximum Gasteiger partial charge on any atom is 0.438 e. The Morgan fingerprint density at radius 1 is 1.53 bits per heavy atom. The molecule has 0 saturated carbocycles. The summed E-state index contributed by atoms with van der Waals surface area (Å²) in [6.45, 7) is 1.24. The van der Waals surface area contributed by atoms with Crippen LogP contribution >= 0.6 is 11.6 Å². The quantitative estimate of drug-likeness (QED) is 0.890. The molecule has 4 nitrogen and oxygen atoms in total. The highest BCUT2D eigenvalue weighted by atomic mass is 35.5. The Hall–Kier alpha value is -0.950. The molecule has 8 heteroatoms. The zero-order chi connectivity index (χ0) is 12.6. The molecule has 0 radical (unpaired) electrons. The van der Waals surface area contributed by atoms with Gasteiger partial charge in [-0.25, -0.2) is 0 Å². The Bertz CT molecular complexity index is 412. The zero-order valence-electron chi connectivity index (χ0n) is 9.01. The highest BCUT2D eigenvalue weighted by Crippen LogP contribution is 2.40. The van der Waals surface area contributed by atoms with E-state index in [4.69, 9.17) is 16.3 Å². The number of aryl methyl sites for hydroxylation is 1. The van der Waals surface area contributed by atoms with Gasteiger partial charge in [-0.1, -0.05) is 11.6 Å². The SMILES string of the molecule is Cn1nc(C(F)(F)F)c(OC2CCNC2)c1Cl. The normalized spacial score (nSPS) is 20.9. The van der Waals surface area contributed by atoms with Gasteiger partial charge in [0.1, 0.15) is 6.10 Å². The summed E-state index contributed by atoms with van der Waals surface area (Å²) in [6, 6.07) is 0. The molecule has 1 aromatic rings. The van der Waals surface area contributed by atoms with Crippen LogP contribution in [0.2, 0.25) is 5.15 Å². The molecule has 0 spiro atoms. The molecule has 2 rings (SSSR count). The van der Waals surface area contributed by atoms with E-state index in [-0.39, 0.29) is 17.0 Å². The van der Waals surface area contributed by atoms with Crippen molar-refractivity contribution in [2.24, 2.45) is 7.05 Å². The number of nitrogens with zero attached hydrogens (tertiary/aromatic N) is 2. The van der Waals surface area contributed by atoms with Gasteiger partial charge in [-0.05, 0) is 13.0 Å². The predicted molar refractivity (Wildman–Crippen MR) is 55.1 cm³/mol. The molecule has 1 atom stereocenters. The van der Waals surface area contributed by atoms with Gasteiger partial charge in [-0.2, -0.15) is 18.3 Å². The van der Waals surface area contributed by atoms with Crippen molar-refractivity contribution >= 4 is 11.6 Å². The first kappa shape index (κ1) is 12.5. The molecule has 17 heavy (non-hydrogen) atoms. The van der Waals surface area contributed by atoms with Crippen LogP contribution in [-0.4, -0.2) is 29.0 Å². The van der Waals surface area contributed by atoms with Crippen LogP contribution in [-0.2, 0) is 13.2 Å². The molecule has 1 aromatic heterocycles. The van der Waals surface area contributed by atoms with Crippen LogP contribution in [0.25, 0.3) is 0 Å². The van der Waals surface area contributed by atoms with E-state index in [0.29, 0.717) is 13.0 Å². The summed E-state index contributed by atoms with van der Waals surface area (Å²) in [4.78, 5) is 0. The fourth-order valence-electron chi connectivity index (χ4n) is 1.67. The van der Waals surface area contributed by atoms with Gasteiger partial charge in [-0.3, -0.25) is 4.68 Å². The Morgan fingerprint density at radius 2 is 2.24 bits per heavy atom. The standard InChI is InChI=1S/C9H11ClF3N3O/c1-16-8(10)6(7(15-16)9(11,12)13)17-5-2-3-14-4-5/h5,14H,2-4H2,1H3. The van der Waals surface area contributed by atoms with Crippen LogP contribution in [0.5, 0.6) is 5.75 Å². The van der Waals surface area contributed by atoms with Crippen LogP contribution in [0.15, 0.2) is 0 Å². The smallest absolute Gasteiger partial charge is 0.438 e. The minimum Gasteiger partial charge on any atom is -0.484 e. The molecule has 2 heterocycles. The highest BCUT2D eigenvalue weighted by molar-refractivity contribution is 6.31. The van der Waals surface area contributed by atoms with Crippen molar-refractivity contribution in [3.05, 3.63) is 10.8 Å². The first-order valence-electron chi connectivity index (χ1n) is 5.06. The molecule has 0 aliphatic carbocycles. The van der Waals surface area contributed by atoms with E-state index in [1.807, 2.05) is 0 Å². The molecule has 1 N–H and O–H groups in total. The largest absolute Gasteiger partial charge is 0.484 e. The summed E-state index contributed by atoms with van der Waals surface area (Å²) in [5.41, 5.74) is -1.07. The van der Waals surface area contributed by atoms with Crippen molar-refractivity contribution in [3.63, 3.8) is 0 Å². The van der Waals surface area contributed by atoms with Crippen LogP contribution in [0.4, 0.5) is 13.2 Å². The molecule has 1 saturated heterocycles. The predicted octanol–water partition coefficient (Wildman–Crippen LogP) is 1.83. The van der Waals surface area contributed by atoms with Crippen LogP contribution in [0, 0.1) is 0 Å². The Balaban J connectivity index is 2.30. The van der Waals surface area contributed by atoms with Gasteiger partial charge in [-0.15, -0.1) is 0 Å². The highest BCUT2D eigenvalue weighted by Gasteiger charge is 2.40. The fourth-order valence-corrected chi connectivity index (χ4v) is 1.84. The minimum atomic E-state index is -4.56. The lowest BCUT2D eigenvalue weighted by Crippen LogP contribution is -2.21. The van der Waals surface area contributed by atoms with Crippen LogP contribution < -0.4 is 10.1 Å². The molecule has 0 aromatic carbocycles. The second-order valence-electron chi connectivity index (χ2n) is 3.82. The number of hydrogen-bond donors (Lipinski definition) is 1. The summed E-state index contributed by atoms with van der Waals surface area (Å²) < 4.78 is 44.3. The lowest BCUT2D eigenvalue weighted by Gasteiger charge is -2.13. The van der Waals surface area contributed by atoms with Crippen molar-refractivity contribution in [1.82, 2.24) is 15.1 Å². The van der Waals surface area contributed by atoms with Gasteiger partial charge in [0.2, 0.25) is 5.69 Å². The molecule has 96 valence electrons. The average molecular weight is 270 g/mol. The molecule has 1 fully saturated rings. The Morgan fingerprint density at radius 3 is 2.76 bits per heavy atom. The third-order valence-corrected chi connectivity index (χ3v) is 2.92. The first-order chi connectivity index (χ1) is 7.89. The number of rotatable bonds is 2. The molecule has 0 amide bonds. The van der Waals surface area contributed by atoms with Crippen LogP contribution in [0.3, 0.4) is 0 Å². The monoisotopic (exact) mass is 269 g/mol. The molecule has 1 aliphatic heterocycles. The average Bonchev–Trinajstić information content (AvgIpc) is 2.80. The van der Waals surface area contributed by atoms with Crippen molar-refractivity contribution in [1.29, 1.82) is 0 Å².